The minimum Gasteiger partial charge on any atom is -0.387 e. The highest BCUT2D eigenvalue weighted by atomic mass is 16.3. The fourth-order valence-electron chi connectivity index (χ4n) is 2.89. The molecule has 1 aromatic carbocycles. The monoisotopic (exact) mass is 281 g/mol. The summed E-state index contributed by atoms with van der Waals surface area (Å²) < 4.78 is 0. The Labute approximate surface area is 126 Å². The first-order valence-corrected chi connectivity index (χ1v) is 7.57. The Kier molecular flexibility index (Phi) is 3.60. The van der Waals surface area contributed by atoms with E-state index in [1.165, 1.54) is 16.7 Å². The Balaban J connectivity index is 1.68. The van der Waals surface area contributed by atoms with Gasteiger partial charge in [-0.05, 0) is 43.0 Å². The van der Waals surface area contributed by atoms with Crippen LogP contribution in [0, 0.1) is 0 Å². The first-order valence-electron chi connectivity index (χ1n) is 7.57. The molecule has 0 aliphatic heterocycles. The molecular weight excluding hydrogens is 258 g/mol. The van der Waals surface area contributed by atoms with Crippen molar-refractivity contribution in [2.45, 2.75) is 38.3 Å². The van der Waals surface area contributed by atoms with Gasteiger partial charge >= 0.3 is 0 Å². The lowest BCUT2D eigenvalue weighted by atomic mass is 9.92. The van der Waals surface area contributed by atoms with Crippen LogP contribution in [0.4, 0.5) is 0 Å². The predicted molar refractivity (Wildman–Crippen MR) is 87.2 cm³/mol. The number of hydrogen-bond donors (Lipinski definition) is 2. The molecule has 1 aromatic rings. The molecule has 0 aromatic heterocycles. The van der Waals surface area contributed by atoms with E-state index in [1.54, 1.807) is 0 Å². The van der Waals surface area contributed by atoms with E-state index >= 15 is 0 Å². The number of nitrogens with one attached hydrogen (secondary N) is 1. The molecule has 3 rings (SSSR count). The smallest absolute Gasteiger partial charge is 0.0914 e. The second-order valence-corrected chi connectivity index (χ2v) is 6.91. The van der Waals surface area contributed by atoms with E-state index in [4.69, 9.17) is 0 Å². The molecule has 2 nitrogen and oxygen atoms in total. The molecule has 2 aliphatic rings. The van der Waals surface area contributed by atoms with E-state index in [0.717, 1.165) is 5.56 Å². The average Bonchev–Trinajstić information content (AvgIpc) is 3.04. The highest BCUT2D eigenvalue weighted by Gasteiger charge is 2.26. The van der Waals surface area contributed by atoms with Gasteiger partial charge in [0.1, 0.15) is 0 Å². The van der Waals surface area contributed by atoms with Crippen LogP contribution >= 0.6 is 0 Å². The molecule has 0 saturated carbocycles. The normalized spacial score (nSPS) is 18.9. The summed E-state index contributed by atoms with van der Waals surface area (Å²) in [6.45, 7) is 6.89. The summed E-state index contributed by atoms with van der Waals surface area (Å²) >= 11 is 0. The summed E-state index contributed by atoms with van der Waals surface area (Å²) in [5, 5.41) is 13.6. The molecule has 2 bridgehead atoms. The van der Waals surface area contributed by atoms with Crippen molar-refractivity contribution in [2.75, 3.05) is 6.54 Å². The van der Waals surface area contributed by atoms with Crippen molar-refractivity contribution in [3.8, 4) is 0 Å². The molecule has 0 heterocycles. The summed E-state index contributed by atoms with van der Waals surface area (Å²) in [6, 6.07) is 8.37. The number of benzene rings is 1. The molecule has 110 valence electrons. The van der Waals surface area contributed by atoms with Gasteiger partial charge in [0.2, 0.25) is 0 Å². The average molecular weight is 281 g/mol. The summed E-state index contributed by atoms with van der Waals surface area (Å²) in [6.07, 6.45) is 8.30. The first-order chi connectivity index (χ1) is 9.94. The summed E-state index contributed by atoms with van der Waals surface area (Å²) in [5.74, 6) is 0.406. The van der Waals surface area contributed by atoms with Gasteiger partial charge in [-0.25, -0.2) is 0 Å². The van der Waals surface area contributed by atoms with Crippen LogP contribution in [0.15, 0.2) is 59.7 Å². The molecule has 0 spiro atoms. The molecule has 2 heteroatoms. The zero-order chi connectivity index (χ0) is 15.0. The molecule has 0 amide bonds. The predicted octanol–water partition coefficient (Wildman–Crippen LogP) is 3.63. The van der Waals surface area contributed by atoms with Crippen LogP contribution in [0.5, 0.6) is 0 Å². The van der Waals surface area contributed by atoms with Crippen LogP contribution in [0.1, 0.15) is 43.9 Å². The summed E-state index contributed by atoms with van der Waals surface area (Å²) in [5.41, 5.74) is 5.03. The molecule has 21 heavy (non-hydrogen) atoms. The topological polar surface area (TPSA) is 32.3 Å². The van der Waals surface area contributed by atoms with Gasteiger partial charge in [-0.2, -0.15) is 0 Å². The van der Waals surface area contributed by atoms with E-state index in [2.05, 4.69) is 62.5 Å². The van der Waals surface area contributed by atoms with Crippen molar-refractivity contribution in [1.82, 2.24) is 5.32 Å². The molecule has 0 fully saturated rings. The van der Waals surface area contributed by atoms with Crippen molar-refractivity contribution < 1.29 is 5.11 Å². The molecule has 2 aliphatic carbocycles. The SMILES string of the molecule is CC(C)(C)NCC(O)c1ccc(C2C3=CC=C2C=C3)cc1. The number of hydrogen-bond acceptors (Lipinski definition) is 2. The second-order valence-electron chi connectivity index (χ2n) is 6.91. The van der Waals surface area contributed by atoms with Crippen LogP contribution in [0.25, 0.3) is 0 Å². The zero-order valence-corrected chi connectivity index (χ0v) is 12.9. The Bertz CT molecular complexity index is 592. The Morgan fingerprint density at radius 1 is 1.05 bits per heavy atom. The van der Waals surface area contributed by atoms with Gasteiger partial charge in [0.15, 0.2) is 0 Å². The van der Waals surface area contributed by atoms with Gasteiger partial charge in [0.05, 0.1) is 6.10 Å². The van der Waals surface area contributed by atoms with Crippen LogP contribution in [0.3, 0.4) is 0 Å². The lowest BCUT2D eigenvalue weighted by molar-refractivity contribution is 0.163. The third-order valence-electron chi connectivity index (χ3n) is 4.08. The van der Waals surface area contributed by atoms with Crippen LogP contribution in [-0.4, -0.2) is 17.2 Å². The maximum Gasteiger partial charge on any atom is 0.0914 e. The molecule has 2 N–H and O–H groups in total. The van der Waals surface area contributed by atoms with E-state index in [9.17, 15) is 5.11 Å². The standard InChI is InChI=1S/C19H23NO/c1-19(2,3)20-12-17(21)13-4-6-14(7-5-13)18-15-8-9-16(18)11-10-15/h4-11,17-18,20-21H,12H2,1-3H3. The lowest BCUT2D eigenvalue weighted by Crippen LogP contribution is -2.38. The van der Waals surface area contributed by atoms with E-state index in [1.807, 2.05) is 12.1 Å². The van der Waals surface area contributed by atoms with Gasteiger partial charge in [0.25, 0.3) is 0 Å². The van der Waals surface area contributed by atoms with Gasteiger partial charge in [-0.3, -0.25) is 0 Å². The van der Waals surface area contributed by atoms with Gasteiger partial charge < -0.3 is 10.4 Å². The van der Waals surface area contributed by atoms with E-state index < -0.39 is 6.10 Å². The molecule has 1 unspecified atom stereocenters. The molecular formula is C19H23NO. The minimum atomic E-state index is -0.463. The Hall–Kier alpha value is -1.64. The zero-order valence-electron chi connectivity index (χ0n) is 12.9. The van der Waals surface area contributed by atoms with Gasteiger partial charge in [-0.15, -0.1) is 0 Å². The van der Waals surface area contributed by atoms with Crippen molar-refractivity contribution in [1.29, 1.82) is 0 Å². The molecule has 1 atom stereocenters. The highest BCUT2D eigenvalue weighted by Crippen LogP contribution is 2.42. The van der Waals surface area contributed by atoms with Crippen LogP contribution < -0.4 is 5.32 Å². The van der Waals surface area contributed by atoms with Crippen molar-refractivity contribution in [3.63, 3.8) is 0 Å². The van der Waals surface area contributed by atoms with Crippen LogP contribution in [0.2, 0.25) is 0 Å². The highest BCUT2D eigenvalue weighted by molar-refractivity contribution is 5.60. The van der Waals surface area contributed by atoms with E-state index in [-0.39, 0.29) is 5.54 Å². The number of rotatable bonds is 4. The fraction of sp³-hybridized carbons (Fsp3) is 0.368. The van der Waals surface area contributed by atoms with Crippen molar-refractivity contribution in [3.05, 3.63) is 70.8 Å². The largest absolute Gasteiger partial charge is 0.387 e. The number of β-amino-alcohol motifs (C(OH)–C–C–N with tert-alkyl or cyclic N) is 1. The maximum atomic E-state index is 10.3. The molecule has 0 radical (unpaired) electrons. The number of fused-ring (bicyclic) bond motifs is 2. The third-order valence-corrected chi connectivity index (χ3v) is 4.08. The van der Waals surface area contributed by atoms with Crippen molar-refractivity contribution in [2.24, 2.45) is 0 Å². The van der Waals surface area contributed by atoms with Crippen molar-refractivity contribution >= 4 is 0 Å². The number of aliphatic hydroxyl groups is 1. The lowest BCUT2D eigenvalue weighted by Gasteiger charge is -2.23. The van der Waals surface area contributed by atoms with Crippen LogP contribution in [-0.2, 0) is 0 Å². The Morgan fingerprint density at radius 3 is 2.10 bits per heavy atom. The Morgan fingerprint density at radius 2 is 1.62 bits per heavy atom. The third kappa shape index (κ3) is 3.02. The minimum absolute atomic E-state index is 0.0224. The van der Waals surface area contributed by atoms with Gasteiger partial charge in [0, 0.05) is 18.0 Å². The fourth-order valence-corrected chi connectivity index (χ4v) is 2.89. The second kappa shape index (κ2) is 5.28. The first kappa shape index (κ1) is 14.3. The van der Waals surface area contributed by atoms with Gasteiger partial charge in [-0.1, -0.05) is 48.6 Å². The quantitative estimate of drug-likeness (QED) is 0.883. The number of aliphatic hydroxyl groups excluding tert-OH is 1. The number of allylic oxidation sites excluding steroid dienone is 6. The summed E-state index contributed by atoms with van der Waals surface area (Å²) in [7, 11) is 0. The maximum absolute atomic E-state index is 10.3. The van der Waals surface area contributed by atoms with E-state index in [0.29, 0.717) is 12.5 Å². The molecule has 0 saturated heterocycles. The summed E-state index contributed by atoms with van der Waals surface area (Å²) in [4.78, 5) is 0.